The van der Waals surface area contributed by atoms with Crippen LogP contribution < -0.4 is 5.32 Å². The van der Waals surface area contributed by atoms with E-state index in [1.54, 1.807) is 24.5 Å². The predicted molar refractivity (Wildman–Crippen MR) is 89.3 cm³/mol. The van der Waals surface area contributed by atoms with Gasteiger partial charge in [-0.1, -0.05) is 32.0 Å². The Balaban J connectivity index is 1.96. The predicted octanol–water partition coefficient (Wildman–Crippen LogP) is 4.06. The minimum atomic E-state index is -0.252. The van der Waals surface area contributed by atoms with Crippen LogP contribution in [0.1, 0.15) is 43.7 Å². The molecule has 0 fully saturated rings. The van der Waals surface area contributed by atoms with Crippen LogP contribution >= 0.6 is 0 Å². The molecule has 0 saturated carbocycles. The molecule has 3 nitrogen and oxygen atoms in total. The lowest BCUT2D eigenvalue weighted by atomic mass is 9.87. The van der Waals surface area contributed by atoms with Crippen molar-refractivity contribution < 1.29 is 9.18 Å². The second kappa shape index (κ2) is 8.42. The first-order chi connectivity index (χ1) is 11.0. The molecule has 1 N–H and O–H groups in total. The lowest BCUT2D eigenvalue weighted by molar-refractivity contribution is -0.121. The highest BCUT2D eigenvalue weighted by molar-refractivity contribution is 5.76. The fourth-order valence-corrected chi connectivity index (χ4v) is 2.64. The van der Waals surface area contributed by atoms with Crippen molar-refractivity contribution >= 4 is 5.91 Å². The van der Waals surface area contributed by atoms with Crippen LogP contribution in [0.5, 0.6) is 0 Å². The summed E-state index contributed by atoms with van der Waals surface area (Å²) in [4.78, 5) is 16.3. The molecule has 1 aromatic carbocycles. The van der Waals surface area contributed by atoms with Gasteiger partial charge in [-0.05, 0) is 47.6 Å². The average molecular weight is 314 g/mol. The zero-order valence-corrected chi connectivity index (χ0v) is 13.6. The largest absolute Gasteiger partial charge is 0.352 e. The molecule has 1 atom stereocenters. The maximum atomic E-state index is 13.1. The molecular formula is C19H23FN2O. The Labute approximate surface area is 137 Å². The molecule has 2 aromatic rings. The molecule has 0 radical (unpaired) electrons. The molecule has 122 valence electrons. The van der Waals surface area contributed by atoms with Crippen molar-refractivity contribution in [3.63, 3.8) is 0 Å². The molecule has 2 rings (SSSR count). The number of aromatic nitrogens is 1. The molecule has 1 heterocycles. The third-order valence-corrected chi connectivity index (χ3v) is 3.74. The summed E-state index contributed by atoms with van der Waals surface area (Å²) < 4.78 is 13.1. The van der Waals surface area contributed by atoms with E-state index in [0.29, 0.717) is 18.9 Å². The molecule has 1 amide bonds. The maximum absolute atomic E-state index is 13.1. The summed E-state index contributed by atoms with van der Waals surface area (Å²) in [7, 11) is 0. The molecule has 0 spiro atoms. The van der Waals surface area contributed by atoms with E-state index in [2.05, 4.69) is 24.1 Å². The van der Waals surface area contributed by atoms with Gasteiger partial charge in [-0.2, -0.15) is 0 Å². The van der Waals surface area contributed by atoms with Gasteiger partial charge < -0.3 is 5.32 Å². The van der Waals surface area contributed by atoms with Gasteiger partial charge in [0.2, 0.25) is 5.91 Å². The van der Waals surface area contributed by atoms with Gasteiger partial charge in [-0.3, -0.25) is 9.78 Å². The van der Waals surface area contributed by atoms with Crippen molar-refractivity contribution in [2.45, 2.75) is 39.2 Å². The molecule has 23 heavy (non-hydrogen) atoms. The molecule has 0 saturated heterocycles. The number of hydrogen-bond donors (Lipinski definition) is 1. The van der Waals surface area contributed by atoms with Gasteiger partial charge in [-0.25, -0.2) is 4.39 Å². The minimum absolute atomic E-state index is 0.00354. The Morgan fingerprint density at radius 2 is 1.96 bits per heavy atom. The minimum Gasteiger partial charge on any atom is -0.352 e. The summed E-state index contributed by atoms with van der Waals surface area (Å²) in [6.45, 7) is 4.73. The van der Waals surface area contributed by atoms with Crippen LogP contribution in [0.4, 0.5) is 4.39 Å². The third kappa shape index (κ3) is 5.81. The van der Waals surface area contributed by atoms with Crippen LogP contribution in [-0.2, 0) is 11.3 Å². The van der Waals surface area contributed by atoms with Crippen LogP contribution in [0.25, 0.3) is 0 Å². The van der Waals surface area contributed by atoms with Gasteiger partial charge in [0.05, 0.1) is 0 Å². The Bertz CT molecular complexity index is 611. The third-order valence-electron chi connectivity index (χ3n) is 3.74. The molecule has 1 aromatic heterocycles. The SMILES string of the molecule is CC(C)CC(CC(=O)NCc1cccnc1)c1ccc(F)cc1. The molecule has 0 aliphatic rings. The van der Waals surface area contributed by atoms with E-state index >= 15 is 0 Å². The molecule has 1 unspecified atom stereocenters. The van der Waals surface area contributed by atoms with Crippen molar-refractivity contribution in [2.24, 2.45) is 5.92 Å². The van der Waals surface area contributed by atoms with Crippen LogP contribution in [0.2, 0.25) is 0 Å². The second-order valence-electron chi connectivity index (χ2n) is 6.22. The molecule has 0 bridgehead atoms. The lowest BCUT2D eigenvalue weighted by Crippen LogP contribution is -2.25. The van der Waals surface area contributed by atoms with Crippen molar-refractivity contribution in [1.82, 2.24) is 10.3 Å². The number of nitrogens with one attached hydrogen (secondary N) is 1. The van der Waals surface area contributed by atoms with E-state index in [9.17, 15) is 9.18 Å². The van der Waals surface area contributed by atoms with Crippen molar-refractivity contribution in [3.05, 3.63) is 65.7 Å². The van der Waals surface area contributed by atoms with E-state index in [1.807, 2.05) is 12.1 Å². The number of nitrogens with zero attached hydrogens (tertiary/aromatic N) is 1. The van der Waals surface area contributed by atoms with Gasteiger partial charge in [0, 0.05) is 25.4 Å². The fourth-order valence-electron chi connectivity index (χ4n) is 2.64. The summed E-state index contributed by atoms with van der Waals surface area (Å²) >= 11 is 0. The van der Waals surface area contributed by atoms with E-state index in [0.717, 1.165) is 17.5 Å². The number of hydrogen-bond acceptors (Lipinski definition) is 2. The van der Waals surface area contributed by atoms with E-state index in [-0.39, 0.29) is 17.6 Å². The number of halogens is 1. The number of amides is 1. The first-order valence-electron chi connectivity index (χ1n) is 7.95. The van der Waals surface area contributed by atoms with Crippen LogP contribution in [0.3, 0.4) is 0 Å². The Kier molecular flexibility index (Phi) is 6.27. The number of pyridine rings is 1. The summed E-state index contributed by atoms with van der Waals surface area (Å²) in [6, 6.07) is 10.2. The smallest absolute Gasteiger partial charge is 0.220 e. The Morgan fingerprint density at radius 3 is 2.57 bits per heavy atom. The fraction of sp³-hybridized carbons (Fsp3) is 0.368. The van der Waals surface area contributed by atoms with E-state index in [1.165, 1.54) is 12.1 Å². The number of rotatable bonds is 7. The van der Waals surface area contributed by atoms with Crippen molar-refractivity contribution in [3.8, 4) is 0 Å². The summed E-state index contributed by atoms with van der Waals surface area (Å²) in [6.07, 6.45) is 4.75. The average Bonchev–Trinajstić information content (AvgIpc) is 2.53. The molecular weight excluding hydrogens is 291 g/mol. The van der Waals surface area contributed by atoms with Gasteiger partial charge in [0.25, 0.3) is 0 Å². The van der Waals surface area contributed by atoms with E-state index in [4.69, 9.17) is 0 Å². The first kappa shape index (κ1) is 17.1. The van der Waals surface area contributed by atoms with Crippen LogP contribution in [-0.4, -0.2) is 10.9 Å². The monoisotopic (exact) mass is 314 g/mol. The van der Waals surface area contributed by atoms with Crippen molar-refractivity contribution in [2.75, 3.05) is 0 Å². The number of carbonyl (C=O) groups excluding carboxylic acids is 1. The van der Waals surface area contributed by atoms with Gasteiger partial charge in [0.1, 0.15) is 5.82 Å². The van der Waals surface area contributed by atoms with Crippen LogP contribution in [0.15, 0.2) is 48.8 Å². The lowest BCUT2D eigenvalue weighted by Gasteiger charge is -2.19. The number of benzene rings is 1. The normalized spacial score (nSPS) is 12.2. The second-order valence-corrected chi connectivity index (χ2v) is 6.22. The summed E-state index contributed by atoms with van der Waals surface area (Å²) in [5.41, 5.74) is 1.99. The topological polar surface area (TPSA) is 42.0 Å². The standard InChI is InChI=1S/C19H23FN2O/c1-14(2)10-17(16-5-7-18(20)8-6-16)11-19(23)22-13-15-4-3-9-21-12-15/h3-9,12,14,17H,10-11,13H2,1-2H3,(H,22,23). The highest BCUT2D eigenvalue weighted by atomic mass is 19.1. The van der Waals surface area contributed by atoms with Crippen LogP contribution in [0, 0.1) is 11.7 Å². The summed E-state index contributed by atoms with van der Waals surface area (Å²) in [5, 5.41) is 2.93. The zero-order valence-electron chi connectivity index (χ0n) is 13.6. The van der Waals surface area contributed by atoms with Crippen molar-refractivity contribution in [1.29, 1.82) is 0 Å². The maximum Gasteiger partial charge on any atom is 0.220 e. The van der Waals surface area contributed by atoms with Gasteiger partial charge in [-0.15, -0.1) is 0 Å². The Morgan fingerprint density at radius 1 is 1.22 bits per heavy atom. The van der Waals surface area contributed by atoms with Gasteiger partial charge in [0.15, 0.2) is 0 Å². The number of carbonyl (C=O) groups is 1. The van der Waals surface area contributed by atoms with Gasteiger partial charge >= 0.3 is 0 Å². The zero-order chi connectivity index (χ0) is 16.7. The highest BCUT2D eigenvalue weighted by Crippen LogP contribution is 2.27. The first-order valence-corrected chi connectivity index (χ1v) is 7.95. The highest BCUT2D eigenvalue weighted by Gasteiger charge is 2.17. The summed E-state index contributed by atoms with van der Waals surface area (Å²) in [5.74, 6) is 0.322. The quantitative estimate of drug-likeness (QED) is 0.837. The molecule has 0 aliphatic heterocycles. The Hall–Kier alpha value is -2.23. The van der Waals surface area contributed by atoms with E-state index < -0.39 is 0 Å². The molecule has 4 heteroatoms. The molecule has 0 aliphatic carbocycles.